The Morgan fingerprint density at radius 1 is 0.696 bits per heavy atom. The van der Waals surface area contributed by atoms with Crippen molar-refractivity contribution in [2.24, 2.45) is 11.8 Å². The van der Waals surface area contributed by atoms with Crippen LogP contribution in [-0.2, 0) is 22.9 Å². The van der Waals surface area contributed by atoms with Crippen molar-refractivity contribution in [1.82, 2.24) is 10.0 Å². The SMILES string of the molecule is COc1ccc2c(c1)CCC(NCC1CCC(CNS(=O)(=O)c3ccc4ccccc4c3)CC1)C2Cc1ccc2ccccc2c1. The van der Waals surface area contributed by atoms with Crippen LogP contribution in [-0.4, -0.2) is 34.7 Å². The highest BCUT2D eigenvalue weighted by atomic mass is 32.2. The van der Waals surface area contributed by atoms with E-state index < -0.39 is 10.0 Å². The van der Waals surface area contributed by atoms with Crippen molar-refractivity contribution in [2.75, 3.05) is 20.2 Å². The maximum absolute atomic E-state index is 13.1. The molecule has 0 radical (unpaired) electrons. The minimum Gasteiger partial charge on any atom is -0.497 e. The van der Waals surface area contributed by atoms with Crippen LogP contribution in [0.2, 0.25) is 0 Å². The lowest BCUT2D eigenvalue weighted by Crippen LogP contribution is -2.42. The molecule has 1 saturated carbocycles. The number of aryl methyl sites for hydroxylation is 1. The second-order valence-electron chi connectivity index (χ2n) is 13.4. The summed E-state index contributed by atoms with van der Waals surface area (Å²) < 4.78 is 34.6. The summed E-state index contributed by atoms with van der Waals surface area (Å²) in [7, 11) is -1.79. The van der Waals surface area contributed by atoms with Crippen LogP contribution < -0.4 is 14.8 Å². The van der Waals surface area contributed by atoms with E-state index in [2.05, 4.69) is 70.7 Å². The molecular weight excluding hydrogens is 589 g/mol. The Morgan fingerprint density at radius 2 is 1.35 bits per heavy atom. The summed E-state index contributed by atoms with van der Waals surface area (Å²) in [6, 6.07) is 35.8. The molecule has 0 saturated heterocycles. The second kappa shape index (κ2) is 13.6. The van der Waals surface area contributed by atoms with Crippen LogP contribution in [0.4, 0.5) is 0 Å². The van der Waals surface area contributed by atoms with E-state index in [9.17, 15) is 8.42 Å². The molecule has 1 fully saturated rings. The molecule has 2 aliphatic carbocycles. The van der Waals surface area contributed by atoms with Gasteiger partial charge in [0.2, 0.25) is 10.0 Å². The van der Waals surface area contributed by atoms with Gasteiger partial charge in [-0.25, -0.2) is 13.1 Å². The fourth-order valence-corrected chi connectivity index (χ4v) is 8.89. The van der Waals surface area contributed by atoms with Crippen molar-refractivity contribution in [3.05, 3.63) is 120 Å². The number of hydrogen-bond donors (Lipinski definition) is 2. The molecule has 0 bridgehead atoms. The Bertz CT molecular complexity index is 1930. The molecule has 2 N–H and O–H groups in total. The molecule has 2 aliphatic rings. The Labute approximate surface area is 273 Å². The zero-order valence-electron chi connectivity index (χ0n) is 26.6. The van der Waals surface area contributed by atoms with Gasteiger partial charge >= 0.3 is 0 Å². The zero-order chi connectivity index (χ0) is 31.5. The minimum atomic E-state index is -3.53. The Kier molecular flexibility index (Phi) is 9.12. The van der Waals surface area contributed by atoms with E-state index in [-0.39, 0.29) is 0 Å². The minimum absolute atomic E-state index is 0.342. The highest BCUT2D eigenvalue weighted by Crippen LogP contribution is 2.37. The Hall–Kier alpha value is -3.71. The van der Waals surface area contributed by atoms with E-state index in [4.69, 9.17) is 4.74 Å². The lowest BCUT2D eigenvalue weighted by molar-refractivity contribution is 0.252. The van der Waals surface area contributed by atoms with Gasteiger partial charge in [-0.2, -0.15) is 0 Å². The van der Waals surface area contributed by atoms with Crippen LogP contribution in [0.15, 0.2) is 108 Å². The molecular formula is C40H44N2O3S. The number of benzene rings is 5. The van der Waals surface area contributed by atoms with Crippen molar-refractivity contribution >= 4 is 31.6 Å². The first kappa shape index (κ1) is 30.9. The molecule has 0 aromatic heterocycles. The zero-order valence-corrected chi connectivity index (χ0v) is 27.4. The summed E-state index contributed by atoms with van der Waals surface area (Å²) in [6.45, 7) is 1.52. The first-order valence-electron chi connectivity index (χ1n) is 16.8. The molecule has 0 heterocycles. The van der Waals surface area contributed by atoms with Gasteiger partial charge in [0.05, 0.1) is 12.0 Å². The van der Waals surface area contributed by atoms with E-state index in [0.29, 0.717) is 35.2 Å². The van der Waals surface area contributed by atoms with Gasteiger partial charge in [-0.15, -0.1) is 0 Å². The summed E-state index contributed by atoms with van der Waals surface area (Å²) in [5.74, 6) is 2.33. The molecule has 6 heteroatoms. The quantitative estimate of drug-likeness (QED) is 0.164. The number of sulfonamides is 1. The van der Waals surface area contributed by atoms with Gasteiger partial charge in [0.1, 0.15) is 5.75 Å². The molecule has 2 atom stereocenters. The number of methoxy groups -OCH3 is 1. The van der Waals surface area contributed by atoms with Crippen LogP contribution in [0, 0.1) is 11.8 Å². The molecule has 5 aromatic rings. The van der Waals surface area contributed by atoms with Gasteiger partial charge in [-0.05, 0) is 126 Å². The van der Waals surface area contributed by atoms with E-state index >= 15 is 0 Å². The van der Waals surface area contributed by atoms with Crippen LogP contribution in [0.1, 0.15) is 54.7 Å². The van der Waals surface area contributed by atoms with Gasteiger partial charge in [0.25, 0.3) is 0 Å². The molecule has 5 nitrogen and oxygen atoms in total. The maximum Gasteiger partial charge on any atom is 0.240 e. The van der Waals surface area contributed by atoms with Crippen LogP contribution in [0.3, 0.4) is 0 Å². The highest BCUT2D eigenvalue weighted by molar-refractivity contribution is 7.89. The van der Waals surface area contributed by atoms with Crippen molar-refractivity contribution in [1.29, 1.82) is 0 Å². The van der Waals surface area contributed by atoms with Crippen molar-refractivity contribution in [3.63, 3.8) is 0 Å². The van der Waals surface area contributed by atoms with Crippen LogP contribution in [0.25, 0.3) is 21.5 Å². The third-order valence-corrected chi connectivity index (χ3v) is 11.9. The van der Waals surface area contributed by atoms with E-state index in [0.717, 1.165) is 68.0 Å². The van der Waals surface area contributed by atoms with Gasteiger partial charge in [0.15, 0.2) is 0 Å². The fourth-order valence-electron chi connectivity index (χ4n) is 7.74. The maximum atomic E-state index is 13.1. The number of ether oxygens (including phenoxy) is 1. The van der Waals surface area contributed by atoms with E-state index in [1.807, 2.05) is 30.3 Å². The summed E-state index contributed by atoms with van der Waals surface area (Å²) in [4.78, 5) is 0.342. The molecule has 0 spiro atoms. The summed E-state index contributed by atoms with van der Waals surface area (Å²) in [6.07, 6.45) is 7.55. The van der Waals surface area contributed by atoms with Crippen LogP contribution in [0.5, 0.6) is 5.75 Å². The summed E-state index contributed by atoms with van der Waals surface area (Å²) in [5.41, 5.74) is 4.24. The molecule has 5 aromatic carbocycles. The third-order valence-electron chi connectivity index (χ3n) is 10.5. The number of nitrogens with one attached hydrogen (secondary N) is 2. The van der Waals surface area contributed by atoms with Crippen molar-refractivity contribution in [3.8, 4) is 5.75 Å². The van der Waals surface area contributed by atoms with E-state index in [1.165, 1.54) is 27.5 Å². The second-order valence-corrected chi connectivity index (χ2v) is 15.1. The smallest absolute Gasteiger partial charge is 0.240 e. The average molecular weight is 633 g/mol. The molecule has 2 unspecified atom stereocenters. The highest BCUT2D eigenvalue weighted by Gasteiger charge is 2.31. The predicted octanol–water partition coefficient (Wildman–Crippen LogP) is 8.02. The molecule has 0 aliphatic heterocycles. The molecule has 238 valence electrons. The Balaban J connectivity index is 0.964. The van der Waals surface area contributed by atoms with Gasteiger partial charge in [0, 0.05) is 18.5 Å². The van der Waals surface area contributed by atoms with Crippen LogP contribution >= 0.6 is 0 Å². The number of hydrogen-bond acceptors (Lipinski definition) is 4. The predicted molar refractivity (Wildman–Crippen MR) is 188 cm³/mol. The summed E-state index contributed by atoms with van der Waals surface area (Å²) >= 11 is 0. The lowest BCUT2D eigenvalue weighted by atomic mass is 9.75. The summed E-state index contributed by atoms with van der Waals surface area (Å²) in [5, 5.41) is 8.61. The largest absolute Gasteiger partial charge is 0.497 e. The van der Waals surface area contributed by atoms with Gasteiger partial charge in [-0.3, -0.25) is 0 Å². The normalized spacial score (nSPS) is 21.7. The standard InChI is InChI=1S/C40H44N2O3S/c1-45-36-18-20-38-35(24-36)17-21-40(39(38)23-30-14-15-31-6-2-4-8-33(31)22-30)41-26-28-10-12-29(13-11-28)27-42-46(43,44)37-19-16-32-7-3-5-9-34(32)25-37/h2-9,14-16,18-20,22,24-25,28-29,39-42H,10-13,17,21,23,26-27H2,1H3. The molecule has 46 heavy (non-hydrogen) atoms. The first-order chi connectivity index (χ1) is 22.4. The van der Waals surface area contributed by atoms with E-state index in [1.54, 1.807) is 19.2 Å². The van der Waals surface area contributed by atoms with Crippen molar-refractivity contribution < 1.29 is 13.2 Å². The molecule has 7 rings (SSSR count). The first-order valence-corrected chi connectivity index (χ1v) is 18.3. The fraction of sp³-hybridized carbons (Fsp3) is 0.350. The van der Waals surface area contributed by atoms with Gasteiger partial charge < -0.3 is 10.1 Å². The Morgan fingerprint density at radius 3 is 2.07 bits per heavy atom. The monoisotopic (exact) mass is 632 g/mol. The molecule has 0 amide bonds. The lowest BCUT2D eigenvalue weighted by Gasteiger charge is -2.37. The average Bonchev–Trinajstić information content (AvgIpc) is 3.10. The third kappa shape index (κ3) is 6.85. The van der Waals surface area contributed by atoms with Gasteiger partial charge in [-0.1, -0.05) is 78.9 Å². The number of fused-ring (bicyclic) bond motifs is 3. The van der Waals surface area contributed by atoms with Crippen molar-refractivity contribution in [2.45, 2.75) is 61.8 Å². The topological polar surface area (TPSA) is 67.4 Å². The number of rotatable bonds is 10.